The number of rotatable bonds is 3. The standard InChI is InChI=1S/C12H14BrIN2/c1-16(2)6-5-10-9-4-3-8(13)7-11(9)15-12(10)14/h3-4,7,15H,5-6H2,1-2H3. The van der Waals surface area contributed by atoms with Crippen molar-refractivity contribution in [1.82, 2.24) is 9.88 Å². The van der Waals surface area contributed by atoms with E-state index in [0.717, 1.165) is 17.4 Å². The quantitative estimate of drug-likeness (QED) is 0.790. The van der Waals surface area contributed by atoms with Gasteiger partial charge in [-0.1, -0.05) is 22.0 Å². The fourth-order valence-electron chi connectivity index (χ4n) is 1.77. The molecule has 2 rings (SSSR count). The van der Waals surface area contributed by atoms with Crippen LogP contribution in [0.1, 0.15) is 5.56 Å². The second kappa shape index (κ2) is 5.06. The van der Waals surface area contributed by atoms with Gasteiger partial charge in [0.2, 0.25) is 0 Å². The fraction of sp³-hybridized carbons (Fsp3) is 0.333. The van der Waals surface area contributed by atoms with Gasteiger partial charge in [0.05, 0.1) is 3.70 Å². The summed E-state index contributed by atoms with van der Waals surface area (Å²) in [4.78, 5) is 5.65. The predicted octanol–water partition coefficient (Wildman–Crippen LogP) is 3.64. The minimum atomic E-state index is 1.08. The molecule has 4 heteroatoms. The first-order chi connectivity index (χ1) is 7.58. The van der Waals surface area contributed by atoms with Gasteiger partial charge in [0.25, 0.3) is 0 Å². The molecule has 0 amide bonds. The highest BCUT2D eigenvalue weighted by atomic mass is 127. The van der Waals surface area contributed by atoms with Crippen molar-refractivity contribution in [2.75, 3.05) is 20.6 Å². The summed E-state index contributed by atoms with van der Waals surface area (Å²) in [6, 6.07) is 6.42. The molecule has 0 atom stereocenters. The van der Waals surface area contributed by atoms with Crippen LogP contribution in [0.3, 0.4) is 0 Å². The molecule has 0 aliphatic heterocycles. The third-order valence-electron chi connectivity index (χ3n) is 2.63. The highest BCUT2D eigenvalue weighted by Gasteiger charge is 2.09. The SMILES string of the molecule is CN(C)CCc1c(I)[nH]c2cc(Br)ccc12. The van der Waals surface area contributed by atoms with Crippen LogP contribution in [0, 0.1) is 3.70 Å². The van der Waals surface area contributed by atoms with Crippen LogP contribution in [-0.2, 0) is 6.42 Å². The molecule has 0 bridgehead atoms. The van der Waals surface area contributed by atoms with E-state index in [1.807, 2.05) is 0 Å². The van der Waals surface area contributed by atoms with E-state index >= 15 is 0 Å². The van der Waals surface area contributed by atoms with Crippen LogP contribution in [-0.4, -0.2) is 30.5 Å². The van der Waals surface area contributed by atoms with Gasteiger partial charge >= 0.3 is 0 Å². The molecule has 86 valence electrons. The third-order valence-corrected chi connectivity index (χ3v) is 4.04. The Morgan fingerprint density at radius 3 is 2.81 bits per heavy atom. The number of fused-ring (bicyclic) bond motifs is 1. The number of aromatic nitrogens is 1. The summed E-state index contributed by atoms with van der Waals surface area (Å²) in [5, 5.41) is 1.34. The fourth-order valence-corrected chi connectivity index (χ4v) is 2.99. The van der Waals surface area contributed by atoms with E-state index in [1.165, 1.54) is 20.2 Å². The summed E-state index contributed by atoms with van der Waals surface area (Å²) in [6.07, 6.45) is 1.09. The van der Waals surface area contributed by atoms with Gasteiger partial charge < -0.3 is 9.88 Å². The molecule has 16 heavy (non-hydrogen) atoms. The number of benzene rings is 1. The molecule has 0 spiro atoms. The van der Waals surface area contributed by atoms with Gasteiger partial charge in [-0.05, 0) is 60.8 Å². The Kier molecular flexibility index (Phi) is 3.92. The molecular formula is C12H14BrIN2. The molecule has 2 aromatic rings. The van der Waals surface area contributed by atoms with Gasteiger partial charge in [-0.25, -0.2) is 0 Å². The number of hydrogen-bond acceptors (Lipinski definition) is 1. The van der Waals surface area contributed by atoms with Crippen LogP contribution in [0.25, 0.3) is 10.9 Å². The second-order valence-corrected chi connectivity index (χ2v) is 6.16. The molecule has 0 fully saturated rings. The van der Waals surface area contributed by atoms with Gasteiger partial charge in [0, 0.05) is 21.9 Å². The Labute approximate surface area is 118 Å². The Morgan fingerprint density at radius 1 is 1.38 bits per heavy atom. The summed E-state index contributed by atoms with van der Waals surface area (Å²) in [5.41, 5.74) is 2.64. The Hall–Kier alpha value is -0.0700. The first-order valence-electron chi connectivity index (χ1n) is 5.18. The molecule has 0 aliphatic rings. The third kappa shape index (κ3) is 2.60. The van der Waals surface area contributed by atoms with E-state index in [2.05, 4.69) is 80.7 Å². The van der Waals surface area contributed by atoms with E-state index in [1.54, 1.807) is 0 Å². The highest BCUT2D eigenvalue weighted by molar-refractivity contribution is 14.1. The molecule has 1 heterocycles. The number of likely N-dealkylation sites (N-methyl/N-ethyl adjacent to an activating group) is 1. The van der Waals surface area contributed by atoms with Crippen molar-refractivity contribution in [3.63, 3.8) is 0 Å². The number of halogens is 2. The van der Waals surface area contributed by atoms with Gasteiger partial charge in [-0.3, -0.25) is 0 Å². The summed E-state index contributed by atoms with van der Waals surface area (Å²) >= 11 is 5.88. The van der Waals surface area contributed by atoms with Crippen LogP contribution < -0.4 is 0 Å². The van der Waals surface area contributed by atoms with Gasteiger partial charge in [0.1, 0.15) is 0 Å². The number of nitrogens with zero attached hydrogens (tertiary/aromatic N) is 1. The van der Waals surface area contributed by atoms with Crippen LogP contribution >= 0.6 is 38.5 Å². The molecule has 1 aromatic heterocycles. The first-order valence-corrected chi connectivity index (χ1v) is 7.05. The molecular weight excluding hydrogens is 379 g/mol. The minimum Gasteiger partial charge on any atom is -0.350 e. The lowest BCUT2D eigenvalue weighted by Gasteiger charge is -2.08. The van der Waals surface area contributed by atoms with Gasteiger partial charge in [-0.2, -0.15) is 0 Å². The van der Waals surface area contributed by atoms with Crippen molar-refractivity contribution in [3.05, 3.63) is 31.9 Å². The zero-order valence-electron chi connectivity index (χ0n) is 9.35. The van der Waals surface area contributed by atoms with E-state index in [-0.39, 0.29) is 0 Å². The number of hydrogen-bond donors (Lipinski definition) is 1. The van der Waals surface area contributed by atoms with Crippen molar-refractivity contribution in [1.29, 1.82) is 0 Å². The van der Waals surface area contributed by atoms with E-state index < -0.39 is 0 Å². The molecule has 0 radical (unpaired) electrons. The van der Waals surface area contributed by atoms with Crippen molar-refractivity contribution in [2.45, 2.75) is 6.42 Å². The van der Waals surface area contributed by atoms with E-state index in [9.17, 15) is 0 Å². The Balaban J connectivity index is 2.40. The molecule has 0 aliphatic carbocycles. The number of aromatic amines is 1. The van der Waals surface area contributed by atoms with Crippen LogP contribution in [0.15, 0.2) is 22.7 Å². The summed E-state index contributed by atoms with van der Waals surface area (Å²) in [6.45, 7) is 1.08. The lowest BCUT2D eigenvalue weighted by Crippen LogP contribution is -2.15. The molecule has 0 unspecified atom stereocenters. The average Bonchev–Trinajstić information content (AvgIpc) is 2.50. The predicted molar refractivity (Wildman–Crippen MR) is 81.0 cm³/mol. The average molecular weight is 393 g/mol. The van der Waals surface area contributed by atoms with Crippen LogP contribution in [0.2, 0.25) is 0 Å². The molecule has 0 saturated heterocycles. The monoisotopic (exact) mass is 392 g/mol. The maximum absolute atomic E-state index is 3.50. The Morgan fingerprint density at radius 2 is 2.12 bits per heavy atom. The Bertz CT molecular complexity index is 505. The zero-order valence-corrected chi connectivity index (χ0v) is 13.1. The summed E-state index contributed by atoms with van der Waals surface area (Å²) in [5.74, 6) is 0. The highest BCUT2D eigenvalue weighted by Crippen LogP contribution is 2.26. The maximum atomic E-state index is 3.50. The lowest BCUT2D eigenvalue weighted by molar-refractivity contribution is 0.414. The summed E-state index contributed by atoms with van der Waals surface area (Å²) in [7, 11) is 4.22. The smallest absolute Gasteiger partial charge is 0.0815 e. The first kappa shape index (κ1) is 12.4. The number of nitrogens with one attached hydrogen (secondary N) is 1. The summed E-state index contributed by atoms with van der Waals surface area (Å²) < 4.78 is 2.38. The van der Waals surface area contributed by atoms with Crippen LogP contribution in [0.5, 0.6) is 0 Å². The van der Waals surface area contributed by atoms with Crippen molar-refractivity contribution in [2.24, 2.45) is 0 Å². The molecule has 0 saturated carbocycles. The number of H-pyrrole nitrogens is 1. The van der Waals surface area contributed by atoms with Crippen molar-refractivity contribution in [3.8, 4) is 0 Å². The molecule has 2 nitrogen and oxygen atoms in total. The van der Waals surface area contributed by atoms with Crippen molar-refractivity contribution < 1.29 is 0 Å². The minimum absolute atomic E-state index is 1.08. The normalized spacial score (nSPS) is 11.6. The zero-order chi connectivity index (χ0) is 11.7. The lowest BCUT2D eigenvalue weighted by atomic mass is 10.1. The van der Waals surface area contributed by atoms with Gasteiger partial charge in [-0.15, -0.1) is 0 Å². The van der Waals surface area contributed by atoms with E-state index in [0.29, 0.717) is 0 Å². The topological polar surface area (TPSA) is 19.0 Å². The van der Waals surface area contributed by atoms with Crippen LogP contribution in [0.4, 0.5) is 0 Å². The molecule has 1 N–H and O–H groups in total. The van der Waals surface area contributed by atoms with E-state index in [4.69, 9.17) is 0 Å². The van der Waals surface area contributed by atoms with Crippen molar-refractivity contribution >= 4 is 49.4 Å². The second-order valence-electron chi connectivity index (χ2n) is 4.16. The maximum Gasteiger partial charge on any atom is 0.0815 e. The van der Waals surface area contributed by atoms with Gasteiger partial charge in [0.15, 0.2) is 0 Å². The largest absolute Gasteiger partial charge is 0.350 e. The molecule has 1 aromatic carbocycles.